The van der Waals surface area contributed by atoms with Gasteiger partial charge in [0.1, 0.15) is 5.82 Å². The molecule has 3 rings (SSSR count). The molecule has 0 aliphatic carbocycles. The second-order valence-corrected chi connectivity index (χ2v) is 4.98. The Bertz CT molecular complexity index is 969. The van der Waals surface area contributed by atoms with E-state index in [0.29, 0.717) is 10.9 Å². The van der Waals surface area contributed by atoms with Crippen molar-refractivity contribution in [1.29, 1.82) is 0 Å². The van der Waals surface area contributed by atoms with Crippen molar-refractivity contribution >= 4 is 11.7 Å². The molecule has 6 nitrogen and oxygen atoms in total. The minimum Gasteiger partial charge on any atom is -0.304 e. The van der Waals surface area contributed by atoms with Crippen LogP contribution in [0.3, 0.4) is 0 Å². The molecule has 134 valence electrons. The zero-order chi connectivity index (χ0) is 18.9. The maximum Gasteiger partial charge on any atom is 0.417 e. The van der Waals surface area contributed by atoms with Gasteiger partial charge in [-0.2, -0.15) is 18.3 Å². The van der Waals surface area contributed by atoms with E-state index >= 15 is 0 Å². The second-order valence-electron chi connectivity index (χ2n) is 4.98. The quantitative estimate of drug-likeness (QED) is 0.720. The minimum atomic E-state index is -4.72. The number of alkyl halides is 3. The first kappa shape index (κ1) is 17.5. The van der Waals surface area contributed by atoms with Crippen molar-refractivity contribution in [1.82, 2.24) is 20.0 Å². The van der Waals surface area contributed by atoms with Gasteiger partial charge < -0.3 is 5.32 Å². The number of nitrogens with zero attached hydrogens (tertiary/aromatic N) is 4. The van der Waals surface area contributed by atoms with Crippen molar-refractivity contribution in [3.05, 3.63) is 65.5 Å². The zero-order valence-corrected chi connectivity index (χ0v) is 12.6. The third-order valence-electron chi connectivity index (χ3n) is 3.19. The number of nitrogens with one attached hydrogen (secondary N) is 1. The topological polar surface area (TPSA) is 72.7 Å². The van der Waals surface area contributed by atoms with Gasteiger partial charge in [-0.3, -0.25) is 4.79 Å². The van der Waals surface area contributed by atoms with Gasteiger partial charge in [0.05, 0.1) is 23.5 Å². The lowest BCUT2D eigenvalue weighted by Gasteiger charge is -2.11. The van der Waals surface area contributed by atoms with Crippen LogP contribution in [0.25, 0.3) is 5.82 Å². The Morgan fingerprint density at radius 2 is 1.85 bits per heavy atom. The van der Waals surface area contributed by atoms with Gasteiger partial charge in [-0.25, -0.2) is 13.8 Å². The van der Waals surface area contributed by atoms with E-state index in [1.807, 2.05) is 0 Å². The van der Waals surface area contributed by atoms with Crippen molar-refractivity contribution in [2.45, 2.75) is 6.18 Å². The van der Waals surface area contributed by atoms with Gasteiger partial charge in [0.25, 0.3) is 5.91 Å². The zero-order valence-electron chi connectivity index (χ0n) is 12.6. The lowest BCUT2D eigenvalue weighted by molar-refractivity contribution is -0.137. The summed E-state index contributed by atoms with van der Waals surface area (Å²) in [7, 11) is 0. The lowest BCUT2D eigenvalue weighted by Crippen LogP contribution is -2.19. The number of aromatic nitrogens is 4. The molecule has 0 saturated heterocycles. The molecule has 1 aromatic carbocycles. The molecule has 1 N–H and O–H groups in total. The van der Waals surface area contributed by atoms with Crippen LogP contribution in [0.15, 0.2) is 42.7 Å². The maximum atomic E-state index is 13.6. The van der Waals surface area contributed by atoms with Crippen molar-refractivity contribution in [3.8, 4) is 5.82 Å². The summed E-state index contributed by atoms with van der Waals surface area (Å²) in [5, 5.41) is 9.47. The number of hydrogen-bond donors (Lipinski definition) is 1. The van der Waals surface area contributed by atoms with Gasteiger partial charge in [-0.05, 0) is 12.1 Å². The third kappa shape index (κ3) is 3.50. The fraction of sp³-hybridized carbons (Fsp3) is 0.0667. The molecule has 0 radical (unpaired) electrons. The highest BCUT2D eigenvalue weighted by Crippen LogP contribution is 2.32. The number of pyridine rings is 1. The Labute approximate surface area is 142 Å². The molecule has 3 aromatic rings. The molecular weight excluding hydrogens is 361 g/mol. The second kappa shape index (κ2) is 6.50. The molecule has 0 bridgehead atoms. The van der Waals surface area contributed by atoms with Crippen LogP contribution in [-0.2, 0) is 6.18 Å². The summed E-state index contributed by atoms with van der Waals surface area (Å²) in [4.78, 5) is 16.2. The number of carbonyl (C=O) groups excluding carboxylic acids is 1. The lowest BCUT2D eigenvalue weighted by atomic mass is 10.1. The molecular formula is C15H8F5N5O. The highest BCUT2D eigenvalue weighted by molar-refractivity contribution is 6.04. The van der Waals surface area contributed by atoms with E-state index in [1.54, 1.807) is 0 Å². The van der Waals surface area contributed by atoms with Crippen LogP contribution in [0, 0.1) is 11.6 Å². The number of benzene rings is 1. The Hall–Kier alpha value is -3.37. The molecule has 0 saturated carbocycles. The Kier molecular flexibility index (Phi) is 4.36. The standard InChI is InChI=1S/C15H8F5N5O/c16-8-5-11(17)13(21-6-8)25-22-7-12(24-25)23-14(26)9-3-1-2-4-10(9)15(18,19)20/h1-7H,(H,23,24,26). The van der Waals surface area contributed by atoms with E-state index < -0.39 is 40.7 Å². The average Bonchev–Trinajstić information content (AvgIpc) is 3.02. The fourth-order valence-electron chi connectivity index (χ4n) is 2.09. The third-order valence-corrected chi connectivity index (χ3v) is 3.19. The molecule has 0 unspecified atom stereocenters. The monoisotopic (exact) mass is 369 g/mol. The summed E-state index contributed by atoms with van der Waals surface area (Å²) in [6.45, 7) is 0. The highest BCUT2D eigenvalue weighted by atomic mass is 19.4. The van der Waals surface area contributed by atoms with Crippen LogP contribution in [0.4, 0.5) is 27.8 Å². The van der Waals surface area contributed by atoms with Crippen LogP contribution < -0.4 is 5.32 Å². The van der Waals surface area contributed by atoms with Crippen LogP contribution in [0.1, 0.15) is 15.9 Å². The number of halogens is 5. The predicted molar refractivity (Wildman–Crippen MR) is 78.5 cm³/mol. The summed E-state index contributed by atoms with van der Waals surface area (Å²) in [6, 6.07) is 4.76. The van der Waals surface area contributed by atoms with Gasteiger partial charge in [-0.1, -0.05) is 12.1 Å². The van der Waals surface area contributed by atoms with Gasteiger partial charge in [-0.15, -0.1) is 9.90 Å². The number of hydrogen-bond acceptors (Lipinski definition) is 4. The molecule has 26 heavy (non-hydrogen) atoms. The highest BCUT2D eigenvalue weighted by Gasteiger charge is 2.35. The Morgan fingerprint density at radius 1 is 1.12 bits per heavy atom. The largest absolute Gasteiger partial charge is 0.417 e. The normalized spacial score (nSPS) is 11.4. The van der Waals surface area contributed by atoms with Crippen molar-refractivity contribution in [2.75, 3.05) is 5.32 Å². The summed E-state index contributed by atoms with van der Waals surface area (Å²) in [5.41, 5.74) is -1.73. The van der Waals surface area contributed by atoms with Gasteiger partial charge >= 0.3 is 6.18 Å². The van der Waals surface area contributed by atoms with E-state index in [1.165, 1.54) is 6.07 Å². The van der Waals surface area contributed by atoms with Crippen LogP contribution in [0.5, 0.6) is 0 Å². The predicted octanol–water partition coefficient (Wildman–Crippen LogP) is 3.21. The van der Waals surface area contributed by atoms with Crippen LogP contribution in [0.2, 0.25) is 0 Å². The van der Waals surface area contributed by atoms with E-state index in [4.69, 9.17) is 0 Å². The maximum absolute atomic E-state index is 13.6. The molecule has 2 aromatic heterocycles. The van der Waals surface area contributed by atoms with Gasteiger partial charge in [0.2, 0.25) is 5.82 Å². The fourth-order valence-corrected chi connectivity index (χ4v) is 2.09. The van der Waals surface area contributed by atoms with E-state index in [0.717, 1.165) is 30.6 Å². The molecule has 2 heterocycles. The molecule has 0 fully saturated rings. The molecule has 0 aliphatic heterocycles. The number of anilines is 1. The first-order valence-corrected chi connectivity index (χ1v) is 6.97. The molecule has 1 amide bonds. The van der Waals surface area contributed by atoms with Crippen molar-refractivity contribution in [3.63, 3.8) is 0 Å². The number of rotatable bonds is 3. The van der Waals surface area contributed by atoms with Crippen LogP contribution >= 0.6 is 0 Å². The van der Waals surface area contributed by atoms with Crippen LogP contribution in [-0.4, -0.2) is 25.9 Å². The number of amides is 1. The first-order valence-electron chi connectivity index (χ1n) is 6.97. The van der Waals surface area contributed by atoms with E-state index in [-0.39, 0.29) is 5.82 Å². The Morgan fingerprint density at radius 3 is 2.54 bits per heavy atom. The SMILES string of the molecule is O=C(Nc1cnn(-c2ncc(F)cc2F)n1)c1ccccc1C(F)(F)F. The van der Waals surface area contributed by atoms with Crippen molar-refractivity contribution < 1.29 is 26.7 Å². The summed E-state index contributed by atoms with van der Waals surface area (Å²) >= 11 is 0. The summed E-state index contributed by atoms with van der Waals surface area (Å²) in [6.07, 6.45) is -3.00. The summed E-state index contributed by atoms with van der Waals surface area (Å²) in [5.74, 6) is -3.71. The average molecular weight is 369 g/mol. The molecule has 0 spiro atoms. The number of carbonyl (C=O) groups is 1. The molecule has 11 heteroatoms. The Balaban J connectivity index is 1.85. The van der Waals surface area contributed by atoms with E-state index in [2.05, 4.69) is 20.5 Å². The molecule has 0 atom stereocenters. The van der Waals surface area contributed by atoms with E-state index in [9.17, 15) is 26.7 Å². The minimum absolute atomic E-state index is 0.238. The van der Waals surface area contributed by atoms with Gasteiger partial charge in [0, 0.05) is 6.07 Å². The smallest absolute Gasteiger partial charge is 0.304 e. The first-order chi connectivity index (χ1) is 12.3. The van der Waals surface area contributed by atoms with Gasteiger partial charge in [0.15, 0.2) is 11.6 Å². The van der Waals surface area contributed by atoms with Crippen molar-refractivity contribution in [2.24, 2.45) is 0 Å². The summed E-state index contributed by atoms with van der Waals surface area (Å²) < 4.78 is 65.4. The molecule has 0 aliphatic rings.